The van der Waals surface area contributed by atoms with Crippen molar-refractivity contribution < 1.29 is 9.47 Å². The molecular formula is C15H22N2O2. The summed E-state index contributed by atoms with van der Waals surface area (Å²) >= 11 is 0. The van der Waals surface area contributed by atoms with Crippen molar-refractivity contribution in [1.82, 2.24) is 10.2 Å². The SMILES string of the molecule is COc1ccc(C2CCCN2)cc1OC1CN(C)C1. The molecule has 2 aliphatic rings. The highest BCUT2D eigenvalue weighted by Gasteiger charge is 2.26. The third kappa shape index (κ3) is 2.69. The molecule has 2 aliphatic heterocycles. The highest BCUT2D eigenvalue weighted by molar-refractivity contribution is 5.44. The number of likely N-dealkylation sites (N-methyl/N-ethyl adjacent to an activating group) is 1. The monoisotopic (exact) mass is 262 g/mol. The first kappa shape index (κ1) is 12.8. The van der Waals surface area contributed by atoms with Gasteiger partial charge in [-0.25, -0.2) is 0 Å². The highest BCUT2D eigenvalue weighted by Crippen LogP contribution is 2.34. The van der Waals surface area contributed by atoms with Gasteiger partial charge in [0.1, 0.15) is 6.10 Å². The smallest absolute Gasteiger partial charge is 0.162 e. The number of likely N-dealkylation sites (tertiary alicyclic amines) is 1. The van der Waals surface area contributed by atoms with Crippen molar-refractivity contribution in [3.63, 3.8) is 0 Å². The van der Waals surface area contributed by atoms with Gasteiger partial charge in [0, 0.05) is 19.1 Å². The van der Waals surface area contributed by atoms with Crippen LogP contribution in [0, 0.1) is 0 Å². The maximum absolute atomic E-state index is 6.05. The lowest BCUT2D eigenvalue weighted by Gasteiger charge is -2.36. The molecule has 0 bridgehead atoms. The van der Waals surface area contributed by atoms with Crippen LogP contribution in [0.25, 0.3) is 0 Å². The van der Waals surface area contributed by atoms with Gasteiger partial charge >= 0.3 is 0 Å². The molecule has 1 N–H and O–H groups in total. The first-order chi connectivity index (χ1) is 9.26. The van der Waals surface area contributed by atoms with Gasteiger partial charge in [0.05, 0.1) is 7.11 Å². The van der Waals surface area contributed by atoms with E-state index in [-0.39, 0.29) is 0 Å². The number of methoxy groups -OCH3 is 1. The molecule has 0 radical (unpaired) electrons. The summed E-state index contributed by atoms with van der Waals surface area (Å²) in [5.74, 6) is 1.71. The molecule has 2 fully saturated rings. The second-order valence-electron chi connectivity index (χ2n) is 5.52. The fourth-order valence-corrected chi connectivity index (χ4v) is 2.87. The zero-order chi connectivity index (χ0) is 13.2. The molecule has 1 aromatic carbocycles. The Morgan fingerprint density at radius 3 is 2.74 bits per heavy atom. The second-order valence-corrected chi connectivity index (χ2v) is 5.52. The number of hydrogen-bond acceptors (Lipinski definition) is 4. The van der Waals surface area contributed by atoms with Crippen molar-refractivity contribution in [1.29, 1.82) is 0 Å². The number of benzene rings is 1. The van der Waals surface area contributed by atoms with E-state index in [0.717, 1.165) is 31.1 Å². The Labute approximate surface area is 114 Å². The van der Waals surface area contributed by atoms with Crippen LogP contribution in [0.1, 0.15) is 24.4 Å². The number of ether oxygens (including phenoxy) is 2. The minimum atomic E-state index is 0.297. The first-order valence-electron chi connectivity index (χ1n) is 7.03. The number of nitrogens with zero attached hydrogens (tertiary/aromatic N) is 1. The zero-order valence-electron chi connectivity index (χ0n) is 11.7. The van der Waals surface area contributed by atoms with Crippen LogP contribution in [0.3, 0.4) is 0 Å². The molecule has 2 saturated heterocycles. The van der Waals surface area contributed by atoms with E-state index in [1.54, 1.807) is 7.11 Å². The summed E-state index contributed by atoms with van der Waals surface area (Å²) in [6.45, 7) is 3.10. The molecule has 2 heterocycles. The van der Waals surface area contributed by atoms with E-state index in [9.17, 15) is 0 Å². The molecule has 19 heavy (non-hydrogen) atoms. The fraction of sp³-hybridized carbons (Fsp3) is 0.600. The Morgan fingerprint density at radius 2 is 2.11 bits per heavy atom. The van der Waals surface area contributed by atoms with E-state index in [1.165, 1.54) is 18.4 Å². The highest BCUT2D eigenvalue weighted by atomic mass is 16.5. The van der Waals surface area contributed by atoms with Crippen LogP contribution in [0.4, 0.5) is 0 Å². The van der Waals surface area contributed by atoms with Gasteiger partial charge in [0.2, 0.25) is 0 Å². The summed E-state index contributed by atoms with van der Waals surface area (Å²) in [6.07, 6.45) is 2.75. The molecule has 0 amide bonds. The lowest BCUT2D eigenvalue weighted by atomic mass is 10.0. The van der Waals surface area contributed by atoms with E-state index in [4.69, 9.17) is 9.47 Å². The Morgan fingerprint density at radius 1 is 1.26 bits per heavy atom. The van der Waals surface area contributed by atoms with Crippen molar-refractivity contribution in [2.75, 3.05) is 33.8 Å². The van der Waals surface area contributed by atoms with E-state index in [1.807, 2.05) is 6.07 Å². The standard InChI is InChI=1S/C15H22N2O2/c1-17-9-12(10-17)19-15-8-11(5-6-14(15)18-2)13-4-3-7-16-13/h5-6,8,12-13,16H,3-4,7,9-10H2,1-2H3. The van der Waals surface area contributed by atoms with Crippen LogP contribution in [-0.4, -0.2) is 44.8 Å². The Kier molecular flexibility index (Phi) is 3.62. The van der Waals surface area contributed by atoms with Gasteiger partial charge in [-0.1, -0.05) is 6.07 Å². The van der Waals surface area contributed by atoms with Crippen LogP contribution in [-0.2, 0) is 0 Å². The van der Waals surface area contributed by atoms with Gasteiger partial charge in [-0.05, 0) is 44.1 Å². The number of hydrogen-bond donors (Lipinski definition) is 1. The molecule has 4 nitrogen and oxygen atoms in total. The van der Waals surface area contributed by atoms with Crippen LogP contribution in [0.2, 0.25) is 0 Å². The van der Waals surface area contributed by atoms with Gasteiger partial charge in [-0.3, -0.25) is 4.90 Å². The van der Waals surface area contributed by atoms with E-state index < -0.39 is 0 Å². The van der Waals surface area contributed by atoms with Crippen molar-refractivity contribution in [2.24, 2.45) is 0 Å². The quantitative estimate of drug-likeness (QED) is 0.897. The summed E-state index contributed by atoms with van der Waals surface area (Å²) in [6, 6.07) is 6.77. The molecule has 0 aliphatic carbocycles. The number of rotatable bonds is 4. The third-order valence-electron chi connectivity index (χ3n) is 3.97. The average molecular weight is 262 g/mol. The third-order valence-corrected chi connectivity index (χ3v) is 3.97. The van der Waals surface area contributed by atoms with Crippen LogP contribution in [0.5, 0.6) is 11.5 Å². The van der Waals surface area contributed by atoms with Crippen LogP contribution >= 0.6 is 0 Å². The minimum Gasteiger partial charge on any atom is -0.493 e. The van der Waals surface area contributed by atoms with E-state index >= 15 is 0 Å². The number of nitrogens with one attached hydrogen (secondary N) is 1. The van der Waals surface area contributed by atoms with Gasteiger partial charge in [0.15, 0.2) is 11.5 Å². The van der Waals surface area contributed by atoms with Gasteiger partial charge < -0.3 is 14.8 Å². The van der Waals surface area contributed by atoms with Crippen molar-refractivity contribution in [3.8, 4) is 11.5 Å². The topological polar surface area (TPSA) is 33.7 Å². The molecule has 1 atom stereocenters. The van der Waals surface area contributed by atoms with Gasteiger partial charge in [-0.15, -0.1) is 0 Å². The Hall–Kier alpha value is -1.26. The maximum Gasteiger partial charge on any atom is 0.162 e. The molecule has 0 saturated carbocycles. The van der Waals surface area contributed by atoms with Gasteiger partial charge in [0.25, 0.3) is 0 Å². The fourth-order valence-electron chi connectivity index (χ4n) is 2.87. The van der Waals surface area contributed by atoms with Crippen LogP contribution < -0.4 is 14.8 Å². The summed E-state index contributed by atoms with van der Waals surface area (Å²) in [4.78, 5) is 2.25. The van der Waals surface area contributed by atoms with Crippen LogP contribution in [0.15, 0.2) is 18.2 Å². The van der Waals surface area contributed by atoms with E-state index in [0.29, 0.717) is 12.1 Å². The Bertz CT molecular complexity index is 438. The van der Waals surface area contributed by atoms with Crippen molar-refractivity contribution in [3.05, 3.63) is 23.8 Å². The predicted octanol–water partition coefficient (Wildman–Crippen LogP) is 1.81. The molecule has 1 aromatic rings. The molecule has 104 valence electrons. The predicted molar refractivity (Wildman–Crippen MR) is 74.9 cm³/mol. The van der Waals surface area contributed by atoms with E-state index in [2.05, 4.69) is 29.4 Å². The summed E-state index contributed by atoms with van der Waals surface area (Å²) in [5, 5.41) is 3.52. The average Bonchev–Trinajstić information content (AvgIpc) is 2.90. The zero-order valence-corrected chi connectivity index (χ0v) is 11.7. The molecular weight excluding hydrogens is 240 g/mol. The second kappa shape index (κ2) is 5.39. The molecule has 1 unspecified atom stereocenters. The lowest BCUT2D eigenvalue weighted by molar-refractivity contribution is 0.0369. The maximum atomic E-state index is 6.05. The van der Waals surface area contributed by atoms with Crippen molar-refractivity contribution in [2.45, 2.75) is 25.0 Å². The lowest BCUT2D eigenvalue weighted by Crippen LogP contribution is -2.51. The molecule has 4 heteroatoms. The Balaban J connectivity index is 1.76. The molecule has 0 spiro atoms. The van der Waals surface area contributed by atoms with Gasteiger partial charge in [-0.2, -0.15) is 0 Å². The summed E-state index contributed by atoms with van der Waals surface area (Å²) < 4.78 is 11.4. The van der Waals surface area contributed by atoms with Crippen molar-refractivity contribution >= 4 is 0 Å². The normalized spacial score (nSPS) is 24.2. The molecule has 3 rings (SSSR count). The first-order valence-corrected chi connectivity index (χ1v) is 7.03. The largest absolute Gasteiger partial charge is 0.493 e. The summed E-state index contributed by atoms with van der Waals surface area (Å²) in [7, 11) is 3.80. The molecule has 0 aromatic heterocycles. The summed E-state index contributed by atoms with van der Waals surface area (Å²) in [5.41, 5.74) is 1.31. The minimum absolute atomic E-state index is 0.297.